The highest BCUT2D eigenvalue weighted by Crippen LogP contribution is 2.25. The van der Waals surface area contributed by atoms with E-state index in [0.29, 0.717) is 22.2 Å². The fourth-order valence-electron chi connectivity index (χ4n) is 2.02. The third-order valence-corrected chi connectivity index (χ3v) is 4.02. The molecule has 130 valence electrons. The largest absolute Gasteiger partial charge is 0.449 e. The van der Waals surface area contributed by atoms with E-state index < -0.39 is 12.1 Å². The summed E-state index contributed by atoms with van der Waals surface area (Å²) in [5.41, 5.74) is 1.48. The lowest BCUT2D eigenvalue weighted by Crippen LogP contribution is -2.35. The highest BCUT2D eigenvalue weighted by Gasteiger charge is 2.16. The molecule has 1 N–H and O–H groups in total. The van der Waals surface area contributed by atoms with Crippen LogP contribution in [0.2, 0.25) is 10.0 Å². The Morgan fingerprint density at radius 2 is 1.72 bits per heavy atom. The van der Waals surface area contributed by atoms with Crippen molar-refractivity contribution >= 4 is 41.2 Å². The van der Waals surface area contributed by atoms with E-state index in [4.69, 9.17) is 27.9 Å². The number of nitrogens with one attached hydrogen (secondary N) is 1. The molecule has 25 heavy (non-hydrogen) atoms. The Labute approximate surface area is 156 Å². The number of carbonyl (C=O) groups excluding carboxylic acids is 2. The molecule has 6 heteroatoms. The number of rotatable bonds is 6. The van der Waals surface area contributed by atoms with E-state index in [2.05, 4.69) is 5.32 Å². The number of hydrogen-bond donors (Lipinski definition) is 1. The molecular formula is C19H17Cl2NO3. The summed E-state index contributed by atoms with van der Waals surface area (Å²) in [6.07, 6.45) is 1.73. The van der Waals surface area contributed by atoms with Gasteiger partial charge >= 0.3 is 5.97 Å². The molecule has 0 aliphatic rings. The molecule has 0 fully saturated rings. The van der Waals surface area contributed by atoms with Crippen LogP contribution in [0, 0.1) is 0 Å². The van der Waals surface area contributed by atoms with Gasteiger partial charge in [-0.25, -0.2) is 4.79 Å². The fraction of sp³-hybridized carbons (Fsp3) is 0.158. The molecule has 0 aromatic heterocycles. The minimum atomic E-state index is -0.914. The standard InChI is InChI=1S/C19H17Cl2NO3/c1-13(19(24)22-12-14-6-3-2-4-7-14)25-18(23)11-10-15-16(20)8-5-9-17(15)21/h2-11,13H,12H2,1H3,(H,22,24)/b11-10+. The number of halogens is 2. The smallest absolute Gasteiger partial charge is 0.331 e. The molecule has 0 heterocycles. The van der Waals surface area contributed by atoms with E-state index >= 15 is 0 Å². The second kappa shape index (κ2) is 9.25. The quantitative estimate of drug-likeness (QED) is 0.604. The first-order valence-electron chi connectivity index (χ1n) is 7.61. The Balaban J connectivity index is 1.87. The zero-order valence-corrected chi connectivity index (χ0v) is 15.1. The maximum Gasteiger partial charge on any atom is 0.331 e. The summed E-state index contributed by atoms with van der Waals surface area (Å²) in [6, 6.07) is 14.5. The molecule has 0 saturated heterocycles. The molecule has 0 saturated carbocycles. The first-order valence-corrected chi connectivity index (χ1v) is 8.37. The van der Waals surface area contributed by atoms with Crippen LogP contribution in [0.25, 0.3) is 6.08 Å². The van der Waals surface area contributed by atoms with Gasteiger partial charge in [-0.05, 0) is 30.7 Å². The third kappa shape index (κ3) is 5.93. The molecule has 0 bridgehead atoms. The summed E-state index contributed by atoms with van der Waals surface area (Å²) in [5, 5.41) is 3.56. The highest BCUT2D eigenvalue weighted by atomic mass is 35.5. The lowest BCUT2D eigenvalue weighted by molar-refractivity contribution is -0.150. The molecule has 1 atom stereocenters. The normalized spacial score (nSPS) is 12.0. The molecule has 2 aromatic carbocycles. The first kappa shape index (κ1) is 19.0. The van der Waals surface area contributed by atoms with Crippen molar-refractivity contribution in [3.8, 4) is 0 Å². The number of carbonyl (C=O) groups is 2. The van der Waals surface area contributed by atoms with Gasteiger partial charge in [-0.15, -0.1) is 0 Å². The highest BCUT2D eigenvalue weighted by molar-refractivity contribution is 6.37. The van der Waals surface area contributed by atoms with Crippen LogP contribution in [-0.2, 0) is 20.9 Å². The van der Waals surface area contributed by atoms with Gasteiger partial charge in [0.2, 0.25) is 0 Å². The Hall–Kier alpha value is -2.30. The Morgan fingerprint density at radius 1 is 1.08 bits per heavy atom. The van der Waals surface area contributed by atoms with Gasteiger partial charge in [0.1, 0.15) is 0 Å². The van der Waals surface area contributed by atoms with E-state index in [0.717, 1.165) is 5.56 Å². The minimum absolute atomic E-state index is 0.368. The van der Waals surface area contributed by atoms with Gasteiger partial charge in [0, 0.05) is 28.2 Å². The zero-order valence-electron chi connectivity index (χ0n) is 13.5. The number of esters is 1. The van der Waals surface area contributed by atoms with Gasteiger partial charge < -0.3 is 10.1 Å². The van der Waals surface area contributed by atoms with Crippen molar-refractivity contribution in [3.05, 3.63) is 75.8 Å². The molecule has 0 aliphatic heterocycles. The van der Waals surface area contributed by atoms with Crippen LogP contribution in [0.3, 0.4) is 0 Å². The van der Waals surface area contributed by atoms with Gasteiger partial charge in [0.15, 0.2) is 6.10 Å². The van der Waals surface area contributed by atoms with Crippen LogP contribution in [0.5, 0.6) is 0 Å². The number of benzene rings is 2. The van der Waals surface area contributed by atoms with E-state index in [-0.39, 0.29) is 5.91 Å². The molecule has 1 amide bonds. The summed E-state index contributed by atoms with van der Waals surface area (Å²) in [5.74, 6) is -1.03. The van der Waals surface area contributed by atoms with E-state index in [1.165, 1.54) is 19.1 Å². The van der Waals surface area contributed by atoms with Crippen molar-refractivity contribution in [1.29, 1.82) is 0 Å². The molecule has 2 rings (SSSR count). The molecule has 0 aliphatic carbocycles. The summed E-state index contributed by atoms with van der Waals surface area (Å²) in [7, 11) is 0. The molecule has 1 unspecified atom stereocenters. The molecule has 0 spiro atoms. The van der Waals surface area contributed by atoms with Crippen molar-refractivity contribution in [2.45, 2.75) is 19.6 Å². The van der Waals surface area contributed by atoms with Crippen molar-refractivity contribution in [3.63, 3.8) is 0 Å². The van der Waals surface area contributed by atoms with Gasteiger partial charge in [0.05, 0.1) is 0 Å². The topological polar surface area (TPSA) is 55.4 Å². The van der Waals surface area contributed by atoms with Crippen LogP contribution < -0.4 is 5.32 Å². The number of amides is 1. The summed E-state index contributed by atoms with van der Waals surface area (Å²) in [4.78, 5) is 23.8. The first-order chi connectivity index (χ1) is 12.0. The number of hydrogen-bond acceptors (Lipinski definition) is 3. The second-order valence-electron chi connectivity index (χ2n) is 5.25. The Kier molecular flexibility index (Phi) is 7.04. The van der Waals surface area contributed by atoms with Gasteiger partial charge in [-0.2, -0.15) is 0 Å². The Morgan fingerprint density at radius 3 is 2.36 bits per heavy atom. The summed E-state index contributed by atoms with van der Waals surface area (Å²) < 4.78 is 5.08. The molecule has 0 radical (unpaired) electrons. The predicted molar refractivity (Wildman–Crippen MR) is 99.3 cm³/mol. The zero-order chi connectivity index (χ0) is 18.2. The lowest BCUT2D eigenvalue weighted by Gasteiger charge is -2.12. The van der Waals surface area contributed by atoms with Crippen molar-refractivity contribution in [1.82, 2.24) is 5.32 Å². The fourth-order valence-corrected chi connectivity index (χ4v) is 2.54. The monoisotopic (exact) mass is 377 g/mol. The van der Waals surface area contributed by atoms with Crippen LogP contribution in [-0.4, -0.2) is 18.0 Å². The maximum absolute atomic E-state index is 12.0. The second-order valence-corrected chi connectivity index (χ2v) is 6.07. The van der Waals surface area contributed by atoms with E-state index in [1.54, 1.807) is 18.2 Å². The average molecular weight is 378 g/mol. The van der Waals surface area contributed by atoms with Crippen LogP contribution >= 0.6 is 23.2 Å². The predicted octanol–water partition coefficient (Wildman–Crippen LogP) is 4.25. The molecule has 2 aromatic rings. The van der Waals surface area contributed by atoms with Crippen molar-refractivity contribution in [2.24, 2.45) is 0 Å². The van der Waals surface area contributed by atoms with Crippen LogP contribution in [0.4, 0.5) is 0 Å². The maximum atomic E-state index is 12.0. The van der Waals surface area contributed by atoms with Gasteiger partial charge in [-0.1, -0.05) is 59.6 Å². The minimum Gasteiger partial charge on any atom is -0.449 e. The van der Waals surface area contributed by atoms with E-state index in [1.807, 2.05) is 30.3 Å². The van der Waals surface area contributed by atoms with Gasteiger partial charge in [0.25, 0.3) is 5.91 Å². The van der Waals surface area contributed by atoms with Crippen molar-refractivity contribution in [2.75, 3.05) is 0 Å². The summed E-state index contributed by atoms with van der Waals surface area (Å²) in [6.45, 7) is 1.88. The number of ether oxygens (including phenoxy) is 1. The third-order valence-electron chi connectivity index (χ3n) is 3.36. The average Bonchev–Trinajstić information content (AvgIpc) is 2.60. The van der Waals surface area contributed by atoms with Crippen molar-refractivity contribution < 1.29 is 14.3 Å². The van der Waals surface area contributed by atoms with Crippen LogP contribution in [0.15, 0.2) is 54.6 Å². The Bertz CT molecular complexity index is 755. The van der Waals surface area contributed by atoms with Crippen LogP contribution in [0.1, 0.15) is 18.1 Å². The molecule has 4 nitrogen and oxygen atoms in total. The van der Waals surface area contributed by atoms with E-state index in [9.17, 15) is 9.59 Å². The molecular weight excluding hydrogens is 361 g/mol. The van der Waals surface area contributed by atoms with Gasteiger partial charge in [-0.3, -0.25) is 4.79 Å². The lowest BCUT2D eigenvalue weighted by atomic mass is 10.2. The SMILES string of the molecule is CC(OC(=O)/C=C/c1c(Cl)cccc1Cl)C(=O)NCc1ccccc1. The summed E-state index contributed by atoms with van der Waals surface area (Å²) >= 11 is 12.0.